The predicted molar refractivity (Wildman–Crippen MR) is 65.1 cm³/mol. The molecule has 1 aromatic rings. The van der Waals surface area contributed by atoms with E-state index in [-0.39, 0.29) is 16.9 Å². The molecule has 0 spiro atoms. The Hall–Kier alpha value is -0.980. The van der Waals surface area contributed by atoms with Crippen LogP contribution in [-0.2, 0) is 14.8 Å². The molecule has 2 atom stereocenters. The van der Waals surface area contributed by atoms with Crippen molar-refractivity contribution < 1.29 is 17.5 Å². The normalized spacial score (nSPS) is 25.0. The first-order valence-corrected chi connectivity index (χ1v) is 7.33. The van der Waals surface area contributed by atoms with Crippen LogP contribution in [0.4, 0.5) is 4.39 Å². The summed E-state index contributed by atoms with van der Waals surface area (Å²) in [7, 11) is -3.80. The standard InChI is InChI=1S/C12H16FNO3S/c1-9-8-17-7-6-11(9)14-18(15,16)12-5-3-2-4-10(12)13/h2-5,9,11,14H,6-8H2,1H3. The van der Waals surface area contributed by atoms with E-state index >= 15 is 0 Å². The fourth-order valence-electron chi connectivity index (χ4n) is 1.98. The summed E-state index contributed by atoms with van der Waals surface area (Å²) in [5.41, 5.74) is 0. The highest BCUT2D eigenvalue weighted by atomic mass is 32.2. The Morgan fingerprint density at radius 1 is 1.39 bits per heavy atom. The molecule has 1 heterocycles. The van der Waals surface area contributed by atoms with Gasteiger partial charge in [-0.25, -0.2) is 17.5 Å². The number of hydrogen-bond acceptors (Lipinski definition) is 3. The highest BCUT2D eigenvalue weighted by Crippen LogP contribution is 2.19. The molecular formula is C12H16FNO3S. The first kappa shape index (κ1) is 13.5. The molecule has 0 aromatic heterocycles. The molecular weight excluding hydrogens is 257 g/mol. The largest absolute Gasteiger partial charge is 0.381 e. The average Bonchev–Trinajstić information content (AvgIpc) is 2.32. The van der Waals surface area contributed by atoms with Crippen molar-refractivity contribution in [2.75, 3.05) is 13.2 Å². The Balaban J connectivity index is 2.19. The molecule has 18 heavy (non-hydrogen) atoms. The zero-order valence-corrected chi connectivity index (χ0v) is 10.9. The van der Waals surface area contributed by atoms with Crippen molar-refractivity contribution in [3.8, 4) is 0 Å². The minimum atomic E-state index is -3.80. The zero-order valence-electron chi connectivity index (χ0n) is 10.1. The van der Waals surface area contributed by atoms with Gasteiger partial charge in [0.15, 0.2) is 0 Å². The van der Waals surface area contributed by atoms with Crippen LogP contribution < -0.4 is 4.72 Å². The molecule has 2 rings (SSSR count). The maximum Gasteiger partial charge on any atom is 0.243 e. The monoisotopic (exact) mass is 273 g/mol. The van der Waals surface area contributed by atoms with Crippen LogP contribution in [0.5, 0.6) is 0 Å². The second kappa shape index (κ2) is 5.34. The molecule has 1 N–H and O–H groups in total. The van der Waals surface area contributed by atoms with Gasteiger partial charge in [0, 0.05) is 12.6 Å². The average molecular weight is 273 g/mol. The summed E-state index contributed by atoms with van der Waals surface area (Å²) >= 11 is 0. The van der Waals surface area contributed by atoms with Gasteiger partial charge in [-0.05, 0) is 24.5 Å². The molecule has 4 nitrogen and oxygen atoms in total. The summed E-state index contributed by atoms with van der Waals surface area (Å²) in [6, 6.07) is 5.17. The van der Waals surface area contributed by atoms with E-state index in [0.717, 1.165) is 6.07 Å². The van der Waals surface area contributed by atoms with Gasteiger partial charge in [-0.15, -0.1) is 0 Å². The van der Waals surface area contributed by atoms with Crippen LogP contribution in [0.25, 0.3) is 0 Å². The van der Waals surface area contributed by atoms with E-state index in [1.54, 1.807) is 0 Å². The van der Waals surface area contributed by atoms with Gasteiger partial charge in [0.05, 0.1) is 6.61 Å². The molecule has 100 valence electrons. The Bertz CT molecular complexity index is 518. The van der Waals surface area contributed by atoms with E-state index in [9.17, 15) is 12.8 Å². The molecule has 2 unspecified atom stereocenters. The molecule has 0 saturated carbocycles. The first-order chi connectivity index (χ1) is 8.50. The molecule has 1 fully saturated rings. The highest BCUT2D eigenvalue weighted by molar-refractivity contribution is 7.89. The summed E-state index contributed by atoms with van der Waals surface area (Å²) in [6.07, 6.45) is 0.606. The number of halogens is 1. The van der Waals surface area contributed by atoms with Crippen molar-refractivity contribution >= 4 is 10.0 Å². The lowest BCUT2D eigenvalue weighted by Gasteiger charge is -2.29. The number of nitrogens with one attached hydrogen (secondary N) is 1. The lowest BCUT2D eigenvalue weighted by atomic mass is 9.99. The third-order valence-electron chi connectivity index (χ3n) is 3.07. The molecule has 1 aliphatic heterocycles. The van der Waals surface area contributed by atoms with Gasteiger partial charge in [-0.2, -0.15) is 0 Å². The summed E-state index contributed by atoms with van der Waals surface area (Å²) in [4.78, 5) is -0.302. The first-order valence-electron chi connectivity index (χ1n) is 5.85. The van der Waals surface area contributed by atoms with Gasteiger partial charge in [0.2, 0.25) is 10.0 Å². The maximum absolute atomic E-state index is 13.5. The van der Waals surface area contributed by atoms with Crippen molar-refractivity contribution in [2.24, 2.45) is 5.92 Å². The molecule has 1 aromatic carbocycles. The van der Waals surface area contributed by atoms with Crippen LogP contribution in [0, 0.1) is 11.7 Å². The predicted octanol–water partition coefficient (Wildman–Crippen LogP) is 1.53. The number of hydrogen-bond donors (Lipinski definition) is 1. The number of rotatable bonds is 3. The number of ether oxygens (including phenoxy) is 1. The van der Waals surface area contributed by atoms with E-state index in [1.807, 2.05) is 6.92 Å². The van der Waals surface area contributed by atoms with Crippen LogP contribution in [0.3, 0.4) is 0 Å². The fourth-order valence-corrected chi connectivity index (χ4v) is 3.44. The quantitative estimate of drug-likeness (QED) is 0.908. The molecule has 0 aliphatic carbocycles. The Morgan fingerprint density at radius 2 is 2.11 bits per heavy atom. The van der Waals surface area contributed by atoms with Gasteiger partial charge in [0.1, 0.15) is 10.7 Å². The Morgan fingerprint density at radius 3 is 2.78 bits per heavy atom. The fraction of sp³-hybridized carbons (Fsp3) is 0.500. The van der Waals surface area contributed by atoms with Crippen LogP contribution in [-0.4, -0.2) is 27.7 Å². The van der Waals surface area contributed by atoms with Crippen molar-refractivity contribution in [2.45, 2.75) is 24.3 Å². The Kier molecular flexibility index (Phi) is 3.99. The van der Waals surface area contributed by atoms with Gasteiger partial charge >= 0.3 is 0 Å². The third-order valence-corrected chi connectivity index (χ3v) is 4.60. The van der Waals surface area contributed by atoms with E-state index in [1.165, 1.54) is 18.2 Å². The van der Waals surface area contributed by atoms with Crippen LogP contribution in [0.1, 0.15) is 13.3 Å². The lowest BCUT2D eigenvalue weighted by molar-refractivity contribution is 0.0450. The molecule has 1 saturated heterocycles. The van der Waals surface area contributed by atoms with Crippen LogP contribution >= 0.6 is 0 Å². The van der Waals surface area contributed by atoms with Gasteiger partial charge in [-0.1, -0.05) is 19.1 Å². The van der Waals surface area contributed by atoms with E-state index in [0.29, 0.717) is 19.6 Å². The number of sulfonamides is 1. The molecule has 1 aliphatic rings. The van der Waals surface area contributed by atoms with Crippen LogP contribution in [0.15, 0.2) is 29.2 Å². The molecule has 0 radical (unpaired) electrons. The second-order valence-corrected chi connectivity index (χ2v) is 6.18. The summed E-state index contributed by atoms with van der Waals surface area (Å²) in [6.45, 7) is 2.95. The smallest absolute Gasteiger partial charge is 0.243 e. The van der Waals surface area contributed by atoms with E-state index in [2.05, 4.69) is 4.72 Å². The van der Waals surface area contributed by atoms with Gasteiger partial charge < -0.3 is 4.74 Å². The van der Waals surface area contributed by atoms with Gasteiger partial charge in [0.25, 0.3) is 0 Å². The topological polar surface area (TPSA) is 55.4 Å². The van der Waals surface area contributed by atoms with Gasteiger partial charge in [-0.3, -0.25) is 0 Å². The Labute approximate surface area is 106 Å². The van der Waals surface area contributed by atoms with E-state index in [4.69, 9.17) is 4.74 Å². The van der Waals surface area contributed by atoms with Crippen molar-refractivity contribution in [3.63, 3.8) is 0 Å². The second-order valence-electron chi connectivity index (χ2n) is 4.50. The minimum Gasteiger partial charge on any atom is -0.381 e. The summed E-state index contributed by atoms with van der Waals surface area (Å²) in [5.74, 6) is -0.648. The van der Waals surface area contributed by atoms with Crippen molar-refractivity contribution in [3.05, 3.63) is 30.1 Å². The van der Waals surface area contributed by atoms with E-state index < -0.39 is 15.8 Å². The molecule has 0 bridgehead atoms. The third kappa shape index (κ3) is 2.88. The molecule has 6 heteroatoms. The summed E-state index contributed by atoms with van der Waals surface area (Å²) < 4.78 is 45.4. The van der Waals surface area contributed by atoms with Crippen molar-refractivity contribution in [1.82, 2.24) is 4.72 Å². The highest BCUT2D eigenvalue weighted by Gasteiger charge is 2.28. The lowest BCUT2D eigenvalue weighted by Crippen LogP contribution is -2.44. The number of benzene rings is 1. The maximum atomic E-state index is 13.5. The zero-order chi connectivity index (χ0) is 13.2. The molecule has 0 amide bonds. The van der Waals surface area contributed by atoms with Crippen LogP contribution in [0.2, 0.25) is 0 Å². The van der Waals surface area contributed by atoms with Crippen molar-refractivity contribution in [1.29, 1.82) is 0 Å². The summed E-state index contributed by atoms with van der Waals surface area (Å²) in [5, 5.41) is 0. The minimum absolute atomic E-state index is 0.0836. The SMILES string of the molecule is CC1COCCC1NS(=O)(=O)c1ccccc1F.